The number of carbonyl (C=O) groups excluding carboxylic acids is 2. The molecule has 0 saturated heterocycles. The molecule has 0 radical (unpaired) electrons. The molecule has 0 spiro atoms. The number of methoxy groups -OCH3 is 1. The van der Waals surface area contributed by atoms with E-state index in [1.807, 2.05) is 0 Å². The van der Waals surface area contributed by atoms with Gasteiger partial charge in [-0.2, -0.15) is 0 Å². The fourth-order valence-corrected chi connectivity index (χ4v) is 2.60. The average Bonchev–Trinajstić information content (AvgIpc) is 3.15. The van der Waals surface area contributed by atoms with Crippen LogP contribution in [-0.4, -0.2) is 64.1 Å². The summed E-state index contributed by atoms with van der Waals surface area (Å²) < 4.78 is 17.7. The lowest BCUT2D eigenvalue weighted by Gasteiger charge is -2.22. The van der Waals surface area contributed by atoms with Gasteiger partial charge in [-0.05, 0) is 17.7 Å². The largest absolute Gasteiger partial charge is 0.480 e. The Morgan fingerprint density at radius 1 is 1.29 bits per heavy atom. The van der Waals surface area contributed by atoms with Crippen LogP contribution in [0.5, 0.6) is 0 Å². The standard InChI is InChI=1S/C18H21FN4O5/c1-28-18(27)15(6-14-7-20-11-21-14)22-16(24)9-23(10-17(25)26)8-12-2-4-13(19)5-3-12/h2-5,7,11,15H,6,8-10H2,1H3,(H,20,21)(H,22,24)(H,25,26)/t15-/m0/s1. The Morgan fingerprint density at radius 2 is 2.00 bits per heavy atom. The Balaban J connectivity index is 2.02. The minimum absolute atomic E-state index is 0.128. The third-order valence-corrected chi connectivity index (χ3v) is 3.85. The molecule has 0 aliphatic heterocycles. The first kappa shape index (κ1) is 21.0. The van der Waals surface area contributed by atoms with E-state index in [-0.39, 0.29) is 19.5 Å². The Bertz CT molecular complexity index is 795. The fraction of sp³-hybridized carbons (Fsp3) is 0.333. The van der Waals surface area contributed by atoms with Crippen molar-refractivity contribution in [1.82, 2.24) is 20.2 Å². The summed E-state index contributed by atoms with van der Waals surface area (Å²) in [5.41, 5.74) is 1.28. The molecule has 0 fully saturated rings. The van der Waals surface area contributed by atoms with Crippen molar-refractivity contribution < 1.29 is 28.6 Å². The van der Waals surface area contributed by atoms with E-state index in [1.54, 1.807) is 0 Å². The normalized spacial score (nSPS) is 11.8. The molecule has 0 aliphatic carbocycles. The Kier molecular flexibility index (Phi) is 7.64. The minimum atomic E-state index is -1.11. The molecule has 0 aliphatic rings. The molecule has 9 nitrogen and oxygen atoms in total. The number of aromatic amines is 1. The predicted octanol–water partition coefficient (Wildman–Crippen LogP) is 0.336. The zero-order valence-corrected chi connectivity index (χ0v) is 15.2. The number of ether oxygens (including phenoxy) is 1. The molecule has 150 valence electrons. The van der Waals surface area contributed by atoms with Gasteiger partial charge in [0.1, 0.15) is 11.9 Å². The smallest absolute Gasteiger partial charge is 0.328 e. The van der Waals surface area contributed by atoms with E-state index >= 15 is 0 Å². The van der Waals surface area contributed by atoms with Crippen molar-refractivity contribution in [2.24, 2.45) is 0 Å². The second-order valence-corrected chi connectivity index (χ2v) is 6.09. The molecular weight excluding hydrogens is 371 g/mol. The van der Waals surface area contributed by atoms with E-state index < -0.39 is 36.2 Å². The lowest BCUT2D eigenvalue weighted by molar-refractivity contribution is -0.145. The van der Waals surface area contributed by atoms with Gasteiger partial charge in [0.25, 0.3) is 0 Å². The minimum Gasteiger partial charge on any atom is -0.480 e. The highest BCUT2D eigenvalue weighted by Crippen LogP contribution is 2.07. The van der Waals surface area contributed by atoms with Crippen molar-refractivity contribution in [3.8, 4) is 0 Å². The van der Waals surface area contributed by atoms with Crippen LogP contribution in [0.25, 0.3) is 0 Å². The number of benzene rings is 1. The summed E-state index contributed by atoms with van der Waals surface area (Å²) in [6, 6.07) is 4.59. The molecule has 28 heavy (non-hydrogen) atoms. The number of carbonyl (C=O) groups is 3. The predicted molar refractivity (Wildman–Crippen MR) is 95.6 cm³/mol. The number of hydrogen-bond acceptors (Lipinski definition) is 6. The molecule has 1 aromatic carbocycles. The zero-order chi connectivity index (χ0) is 20.5. The third kappa shape index (κ3) is 6.80. The van der Waals surface area contributed by atoms with E-state index in [4.69, 9.17) is 9.84 Å². The number of aromatic nitrogens is 2. The van der Waals surface area contributed by atoms with Crippen molar-refractivity contribution in [3.05, 3.63) is 53.9 Å². The van der Waals surface area contributed by atoms with Gasteiger partial charge in [-0.15, -0.1) is 0 Å². The second-order valence-electron chi connectivity index (χ2n) is 6.09. The van der Waals surface area contributed by atoms with Crippen LogP contribution in [0.2, 0.25) is 0 Å². The van der Waals surface area contributed by atoms with Crippen molar-refractivity contribution in [3.63, 3.8) is 0 Å². The Hall–Kier alpha value is -3.27. The van der Waals surface area contributed by atoms with E-state index in [2.05, 4.69) is 15.3 Å². The van der Waals surface area contributed by atoms with Gasteiger partial charge in [-0.1, -0.05) is 12.1 Å². The number of nitrogens with one attached hydrogen (secondary N) is 2. The molecule has 10 heteroatoms. The van der Waals surface area contributed by atoms with Crippen LogP contribution < -0.4 is 5.32 Å². The number of nitrogens with zero attached hydrogens (tertiary/aromatic N) is 2. The number of hydrogen-bond donors (Lipinski definition) is 3. The van der Waals surface area contributed by atoms with Crippen LogP contribution in [0, 0.1) is 5.82 Å². The highest BCUT2D eigenvalue weighted by atomic mass is 19.1. The summed E-state index contributed by atoms with van der Waals surface area (Å²) in [6.45, 7) is -0.530. The van der Waals surface area contributed by atoms with Gasteiger partial charge in [0.15, 0.2) is 0 Å². The molecule has 1 aromatic heterocycles. The number of carboxylic acid groups (broad SMARTS) is 1. The first-order valence-electron chi connectivity index (χ1n) is 8.40. The van der Waals surface area contributed by atoms with Gasteiger partial charge >= 0.3 is 11.9 Å². The van der Waals surface area contributed by atoms with Crippen LogP contribution in [-0.2, 0) is 32.1 Å². The molecule has 2 rings (SSSR count). The highest BCUT2D eigenvalue weighted by molar-refractivity contribution is 5.86. The summed E-state index contributed by atoms with van der Waals surface area (Å²) in [7, 11) is 1.21. The van der Waals surface area contributed by atoms with E-state index in [0.29, 0.717) is 11.3 Å². The van der Waals surface area contributed by atoms with Gasteiger partial charge in [-0.25, -0.2) is 14.2 Å². The average molecular weight is 392 g/mol. The van der Waals surface area contributed by atoms with Gasteiger partial charge < -0.3 is 20.1 Å². The number of esters is 1. The van der Waals surface area contributed by atoms with Gasteiger partial charge in [0, 0.05) is 24.9 Å². The van der Waals surface area contributed by atoms with Crippen molar-refractivity contribution in [2.75, 3.05) is 20.2 Å². The van der Waals surface area contributed by atoms with Gasteiger partial charge in [0.05, 0.1) is 26.5 Å². The molecule has 2 aromatic rings. The monoisotopic (exact) mass is 392 g/mol. The first-order chi connectivity index (χ1) is 13.4. The molecule has 1 amide bonds. The lowest BCUT2D eigenvalue weighted by atomic mass is 10.1. The van der Waals surface area contributed by atoms with E-state index in [9.17, 15) is 18.8 Å². The lowest BCUT2D eigenvalue weighted by Crippen LogP contribution is -2.47. The van der Waals surface area contributed by atoms with Crippen LogP contribution in [0.3, 0.4) is 0 Å². The van der Waals surface area contributed by atoms with Crippen LogP contribution in [0.1, 0.15) is 11.3 Å². The molecule has 3 N–H and O–H groups in total. The number of halogens is 1. The Morgan fingerprint density at radius 3 is 2.57 bits per heavy atom. The number of amides is 1. The highest BCUT2D eigenvalue weighted by Gasteiger charge is 2.24. The van der Waals surface area contributed by atoms with E-state index in [0.717, 1.165) is 0 Å². The maximum Gasteiger partial charge on any atom is 0.328 e. The third-order valence-electron chi connectivity index (χ3n) is 3.85. The first-order valence-corrected chi connectivity index (χ1v) is 8.40. The zero-order valence-electron chi connectivity index (χ0n) is 15.2. The molecule has 0 saturated carbocycles. The summed E-state index contributed by atoms with van der Waals surface area (Å²) >= 11 is 0. The summed E-state index contributed by atoms with van der Waals surface area (Å²) in [5, 5.41) is 11.6. The number of rotatable bonds is 10. The van der Waals surface area contributed by atoms with Gasteiger partial charge in [0.2, 0.25) is 5.91 Å². The maximum atomic E-state index is 13.0. The topological polar surface area (TPSA) is 125 Å². The van der Waals surface area contributed by atoms with Gasteiger partial charge in [-0.3, -0.25) is 14.5 Å². The summed E-state index contributed by atoms with van der Waals surface area (Å²) in [6.07, 6.45) is 3.12. The van der Waals surface area contributed by atoms with Crippen molar-refractivity contribution >= 4 is 17.8 Å². The maximum absolute atomic E-state index is 13.0. The van der Waals surface area contributed by atoms with Crippen LogP contribution in [0.4, 0.5) is 4.39 Å². The number of carboxylic acids is 1. The molecule has 0 unspecified atom stereocenters. The van der Waals surface area contributed by atoms with Crippen LogP contribution >= 0.6 is 0 Å². The molecule has 1 atom stereocenters. The number of aliphatic carboxylic acids is 1. The SMILES string of the molecule is COC(=O)[C@H](Cc1cnc[nH]1)NC(=O)CN(CC(=O)O)Cc1ccc(F)cc1. The molecule has 0 bridgehead atoms. The fourth-order valence-electron chi connectivity index (χ4n) is 2.60. The quantitative estimate of drug-likeness (QED) is 0.498. The van der Waals surface area contributed by atoms with Crippen LogP contribution in [0.15, 0.2) is 36.8 Å². The number of imidazole rings is 1. The number of H-pyrrole nitrogens is 1. The van der Waals surface area contributed by atoms with E-state index in [1.165, 1.54) is 48.8 Å². The van der Waals surface area contributed by atoms with Crippen molar-refractivity contribution in [1.29, 1.82) is 0 Å². The second kappa shape index (κ2) is 10.2. The van der Waals surface area contributed by atoms with Crippen molar-refractivity contribution in [2.45, 2.75) is 19.0 Å². The molecular formula is C18H21FN4O5. The summed E-state index contributed by atoms with van der Waals surface area (Å²) in [5.74, 6) is -2.70. The Labute approximate surface area is 160 Å². The molecule has 1 heterocycles. The summed E-state index contributed by atoms with van der Waals surface area (Å²) in [4.78, 5) is 43.5.